The second kappa shape index (κ2) is 6.67. The van der Waals surface area contributed by atoms with Crippen molar-refractivity contribution in [1.82, 2.24) is 5.32 Å². The maximum atomic E-state index is 13.5. The number of ether oxygens (including phenoxy) is 1. The SMILES string of the molecule is CNC(COC(C)C)Cc1cccc(F)c1F. The van der Waals surface area contributed by atoms with Gasteiger partial charge in [0.1, 0.15) is 0 Å². The molecule has 2 nitrogen and oxygen atoms in total. The van der Waals surface area contributed by atoms with E-state index in [2.05, 4.69) is 5.32 Å². The van der Waals surface area contributed by atoms with E-state index in [-0.39, 0.29) is 12.1 Å². The molecule has 1 atom stereocenters. The molecule has 1 N–H and O–H groups in total. The standard InChI is InChI=1S/C13H19F2NO/c1-9(2)17-8-11(16-3)7-10-5-4-6-12(14)13(10)15/h4-6,9,11,16H,7-8H2,1-3H3. The average molecular weight is 243 g/mol. The van der Waals surface area contributed by atoms with E-state index in [0.717, 1.165) is 6.07 Å². The number of nitrogens with one attached hydrogen (secondary N) is 1. The number of rotatable bonds is 6. The highest BCUT2D eigenvalue weighted by Gasteiger charge is 2.13. The van der Waals surface area contributed by atoms with Crippen LogP contribution in [0, 0.1) is 11.6 Å². The molecule has 0 aromatic heterocycles. The molecule has 0 spiro atoms. The van der Waals surface area contributed by atoms with Crippen molar-refractivity contribution in [3.63, 3.8) is 0 Å². The van der Waals surface area contributed by atoms with Gasteiger partial charge in [0.2, 0.25) is 0 Å². The van der Waals surface area contributed by atoms with Gasteiger partial charge in [0.15, 0.2) is 11.6 Å². The van der Waals surface area contributed by atoms with Crippen molar-refractivity contribution < 1.29 is 13.5 Å². The predicted molar refractivity (Wildman–Crippen MR) is 64.0 cm³/mol. The highest BCUT2D eigenvalue weighted by Crippen LogP contribution is 2.13. The van der Waals surface area contributed by atoms with Crippen molar-refractivity contribution in [3.05, 3.63) is 35.4 Å². The van der Waals surface area contributed by atoms with Gasteiger partial charge >= 0.3 is 0 Å². The summed E-state index contributed by atoms with van der Waals surface area (Å²) in [5.74, 6) is -1.57. The quantitative estimate of drug-likeness (QED) is 0.829. The first kappa shape index (κ1) is 14.1. The van der Waals surface area contributed by atoms with E-state index >= 15 is 0 Å². The van der Waals surface area contributed by atoms with E-state index in [0.29, 0.717) is 18.6 Å². The number of hydrogen-bond acceptors (Lipinski definition) is 2. The fraction of sp³-hybridized carbons (Fsp3) is 0.538. The number of benzene rings is 1. The first-order chi connectivity index (χ1) is 8.04. The molecule has 1 unspecified atom stereocenters. The zero-order valence-corrected chi connectivity index (χ0v) is 10.5. The van der Waals surface area contributed by atoms with E-state index in [1.165, 1.54) is 6.07 Å². The Kier molecular flexibility index (Phi) is 5.51. The third kappa shape index (κ3) is 4.40. The Labute approximate surface area is 101 Å². The molecule has 0 aliphatic heterocycles. The van der Waals surface area contributed by atoms with Crippen molar-refractivity contribution in [2.24, 2.45) is 0 Å². The molecular weight excluding hydrogens is 224 g/mol. The summed E-state index contributed by atoms with van der Waals surface area (Å²) >= 11 is 0. The summed E-state index contributed by atoms with van der Waals surface area (Å²) < 4.78 is 31.9. The summed E-state index contributed by atoms with van der Waals surface area (Å²) in [6.45, 7) is 4.36. The summed E-state index contributed by atoms with van der Waals surface area (Å²) in [4.78, 5) is 0. The zero-order valence-electron chi connectivity index (χ0n) is 10.5. The summed E-state index contributed by atoms with van der Waals surface area (Å²) in [6.07, 6.45) is 0.538. The highest BCUT2D eigenvalue weighted by atomic mass is 19.2. The van der Waals surface area contributed by atoms with Crippen molar-refractivity contribution in [3.8, 4) is 0 Å². The molecule has 0 amide bonds. The molecule has 4 heteroatoms. The van der Waals surface area contributed by atoms with E-state index in [9.17, 15) is 8.78 Å². The Morgan fingerprint density at radius 2 is 2.00 bits per heavy atom. The molecule has 1 aromatic rings. The van der Waals surface area contributed by atoms with Crippen molar-refractivity contribution >= 4 is 0 Å². The van der Waals surface area contributed by atoms with Crippen LogP contribution in [0.15, 0.2) is 18.2 Å². The normalized spacial score (nSPS) is 13.1. The minimum Gasteiger partial charge on any atom is -0.377 e. The molecule has 17 heavy (non-hydrogen) atoms. The summed E-state index contributed by atoms with van der Waals surface area (Å²) in [5, 5.41) is 3.04. The van der Waals surface area contributed by atoms with Crippen LogP contribution < -0.4 is 5.32 Å². The van der Waals surface area contributed by atoms with Gasteiger partial charge in [-0.3, -0.25) is 0 Å². The first-order valence-electron chi connectivity index (χ1n) is 5.76. The molecule has 0 aliphatic carbocycles. The smallest absolute Gasteiger partial charge is 0.162 e. The number of hydrogen-bond donors (Lipinski definition) is 1. The monoisotopic (exact) mass is 243 g/mol. The lowest BCUT2D eigenvalue weighted by molar-refractivity contribution is 0.0626. The van der Waals surface area contributed by atoms with E-state index in [1.54, 1.807) is 13.1 Å². The van der Waals surface area contributed by atoms with Gasteiger partial charge in [0.25, 0.3) is 0 Å². The third-order valence-electron chi connectivity index (χ3n) is 2.54. The van der Waals surface area contributed by atoms with Crippen LogP contribution >= 0.6 is 0 Å². The van der Waals surface area contributed by atoms with Crippen LogP contribution in [0.4, 0.5) is 8.78 Å². The Morgan fingerprint density at radius 3 is 2.59 bits per heavy atom. The summed E-state index contributed by atoms with van der Waals surface area (Å²) in [7, 11) is 1.78. The topological polar surface area (TPSA) is 21.3 Å². The van der Waals surface area contributed by atoms with Crippen molar-refractivity contribution in [2.75, 3.05) is 13.7 Å². The van der Waals surface area contributed by atoms with E-state index in [1.807, 2.05) is 13.8 Å². The van der Waals surface area contributed by atoms with Gasteiger partial charge in [-0.2, -0.15) is 0 Å². The maximum Gasteiger partial charge on any atom is 0.162 e. The molecule has 0 saturated heterocycles. The summed E-state index contributed by atoms with van der Waals surface area (Å²) in [5.41, 5.74) is 0.372. The van der Waals surface area contributed by atoms with Gasteiger partial charge < -0.3 is 10.1 Å². The minimum atomic E-state index is -0.804. The van der Waals surface area contributed by atoms with Gasteiger partial charge in [0.05, 0.1) is 12.7 Å². The van der Waals surface area contributed by atoms with Crippen LogP contribution in [0.3, 0.4) is 0 Å². The number of likely N-dealkylation sites (N-methyl/N-ethyl adjacent to an activating group) is 1. The molecule has 1 rings (SSSR count). The number of halogens is 2. The van der Waals surface area contributed by atoms with Gasteiger partial charge in [0, 0.05) is 6.04 Å². The van der Waals surface area contributed by atoms with Crippen molar-refractivity contribution in [1.29, 1.82) is 0 Å². The lowest BCUT2D eigenvalue weighted by Gasteiger charge is -2.18. The molecule has 0 fully saturated rings. The predicted octanol–water partition coefficient (Wildman–Crippen LogP) is 2.52. The van der Waals surface area contributed by atoms with Crippen LogP contribution in [-0.4, -0.2) is 25.8 Å². The largest absolute Gasteiger partial charge is 0.377 e. The molecular formula is C13H19F2NO. The minimum absolute atomic E-state index is 0.0197. The van der Waals surface area contributed by atoms with Crippen LogP contribution in [0.5, 0.6) is 0 Å². The molecule has 0 saturated carbocycles. The van der Waals surface area contributed by atoms with Gasteiger partial charge in [-0.25, -0.2) is 8.78 Å². The average Bonchev–Trinajstić information content (AvgIpc) is 2.29. The van der Waals surface area contributed by atoms with Crippen LogP contribution in [-0.2, 0) is 11.2 Å². The lowest BCUT2D eigenvalue weighted by Crippen LogP contribution is -2.33. The molecule has 0 radical (unpaired) electrons. The molecule has 96 valence electrons. The highest BCUT2D eigenvalue weighted by molar-refractivity contribution is 5.20. The van der Waals surface area contributed by atoms with Gasteiger partial charge in [-0.1, -0.05) is 12.1 Å². The van der Waals surface area contributed by atoms with E-state index in [4.69, 9.17) is 4.74 Å². The Bertz CT molecular complexity index is 355. The fourth-order valence-electron chi connectivity index (χ4n) is 1.52. The maximum absolute atomic E-state index is 13.5. The van der Waals surface area contributed by atoms with Gasteiger partial charge in [-0.15, -0.1) is 0 Å². The van der Waals surface area contributed by atoms with Crippen LogP contribution in [0.1, 0.15) is 19.4 Å². The Hall–Kier alpha value is -1.00. The first-order valence-corrected chi connectivity index (χ1v) is 5.76. The lowest BCUT2D eigenvalue weighted by atomic mass is 10.1. The molecule has 0 heterocycles. The Morgan fingerprint density at radius 1 is 1.29 bits per heavy atom. The molecule has 1 aromatic carbocycles. The van der Waals surface area contributed by atoms with E-state index < -0.39 is 11.6 Å². The Balaban J connectivity index is 2.64. The summed E-state index contributed by atoms with van der Waals surface area (Å²) in [6, 6.07) is 4.22. The van der Waals surface area contributed by atoms with Gasteiger partial charge in [-0.05, 0) is 38.9 Å². The fourth-order valence-corrected chi connectivity index (χ4v) is 1.52. The zero-order chi connectivity index (χ0) is 12.8. The second-order valence-corrected chi connectivity index (χ2v) is 4.28. The van der Waals surface area contributed by atoms with Crippen LogP contribution in [0.2, 0.25) is 0 Å². The third-order valence-corrected chi connectivity index (χ3v) is 2.54. The van der Waals surface area contributed by atoms with Crippen molar-refractivity contribution in [2.45, 2.75) is 32.4 Å². The molecule has 0 aliphatic rings. The van der Waals surface area contributed by atoms with Crippen LogP contribution in [0.25, 0.3) is 0 Å². The molecule has 0 bridgehead atoms. The second-order valence-electron chi connectivity index (χ2n) is 4.28.